The average Bonchev–Trinajstić information content (AvgIpc) is 2.54. The number of hydrogen-bond donors (Lipinski definition) is 0. The Balaban J connectivity index is 2.15. The molecule has 4 heteroatoms. The molecule has 0 fully saturated rings. The van der Waals surface area contributed by atoms with Crippen LogP contribution in [0.4, 0.5) is 13.2 Å². The summed E-state index contributed by atoms with van der Waals surface area (Å²) < 4.78 is 38.8. The smallest absolute Gasteiger partial charge is 0.166 e. The number of benzene rings is 3. The summed E-state index contributed by atoms with van der Waals surface area (Å²) in [4.78, 5) is 0. The largest absolute Gasteiger partial charge is 0.416 e. The van der Waals surface area contributed by atoms with E-state index in [0.29, 0.717) is 21.7 Å². The molecule has 1 radical (unpaired) electrons. The van der Waals surface area contributed by atoms with E-state index >= 15 is 0 Å². The number of hydrogen-bond acceptors (Lipinski definition) is 0. The van der Waals surface area contributed by atoms with Crippen molar-refractivity contribution in [1.29, 1.82) is 0 Å². The first kappa shape index (κ1) is 15.6. The lowest BCUT2D eigenvalue weighted by molar-refractivity contribution is -0.137. The van der Waals surface area contributed by atoms with Gasteiger partial charge in [0, 0.05) is 5.02 Å². The molecule has 0 nitrogen and oxygen atoms in total. The van der Waals surface area contributed by atoms with E-state index < -0.39 is 11.7 Å². The van der Waals surface area contributed by atoms with E-state index in [4.69, 9.17) is 11.6 Å². The first-order chi connectivity index (χ1) is 10.9. The first-order valence-corrected chi connectivity index (χ1v) is 7.27. The molecule has 0 saturated heterocycles. The Hall–Kier alpha value is -2.26. The first-order valence-electron chi connectivity index (χ1n) is 6.89. The maximum Gasteiger partial charge on any atom is 0.416 e. The average molecular weight is 332 g/mol. The second-order valence-electron chi connectivity index (χ2n) is 5.05. The van der Waals surface area contributed by atoms with Crippen molar-refractivity contribution in [1.82, 2.24) is 0 Å². The van der Waals surface area contributed by atoms with Gasteiger partial charge in [0.1, 0.15) is 0 Å². The zero-order valence-electron chi connectivity index (χ0n) is 11.9. The van der Waals surface area contributed by atoms with E-state index in [-0.39, 0.29) is 0 Å². The summed E-state index contributed by atoms with van der Waals surface area (Å²) in [6.45, 7) is 0. The Bertz CT molecular complexity index is 838. The molecule has 0 aliphatic carbocycles. The third-order valence-electron chi connectivity index (χ3n) is 3.47. The van der Waals surface area contributed by atoms with Gasteiger partial charge in [0.05, 0.1) is 5.56 Å². The molecule has 0 aliphatic heterocycles. The summed E-state index contributed by atoms with van der Waals surface area (Å²) in [6, 6.07) is 20.8. The molecule has 0 amide bonds. The van der Waals surface area contributed by atoms with Crippen LogP contribution in [-0.4, -0.2) is 0 Å². The van der Waals surface area contributed by atoms with Crippen molar-refractivity contribution >= 4 is 11.6 Å². The van der Waals surface area contributed by atoms with Crippen molar-refractivity contribution in [3.05, 3.63) is 83.4 Å². The van der Waals surface area contributed by atoms with Gasteiger partial charge < -0.3 is 0 Å². The van der Waals surface area contributed by atoms with Crippen molar-refractivity contribution < 1.29 is 13.2 Å². The monoisotopic (exact) mass is 331 g/mol. The summed E-state index contributed by atoms with van der Waals surface area (Å²) in [5, 5.41) is 0.565. The SMILES string of the molecule is FC(F)(F)c1cccc(-c2ccc[c]c2-c2cccc(Cl)c2)c1. The van der Waals surface area contributed by atoms with E-state index in [1.807, 2.05) is 6.07 Å². The summed E-state index contributed by atoms with van der Waals surface area (Å²) >= 11 is 6.02. The van der Waals surface area contributed by atoms with Crippen LogP contribution < -0.4 is 0 Å². The Kier molecular flexibility index (Phi) is 4.14. The van der Waals surface area contributed by atoms with Gasteiger partial charge in [-0.25, -0.2) is 0 Å². The van der Waals surface area contributed by atoms with Crippen LogP contribution in [-0.2, 0) is 6.18 Å². The Morgan fingerprint density at radius 2 is 1.57 bits per heavy atom. The van der Waals surface area contributed by atoms with E-state index in [1.54, 1.807) is 42.5 Å². The van der Waals surface area contributed by atoms with Crippen LogP contribution in [0, 0.1) is 6.07 Å². The molecule has 3 aromatic carbocycles. The second-order valence-corrected chi connectivity index (χ2v) is 5.48. The number of alkyl halides is 3. The van der Waals surface area contributed by atoms with E-state index in [0.717, 1.165) is 17.7 Å². The third kappa shape index (κ3) is 3.40. The molecule has 0 N–H and O–H groups in total. The standard InChI is InChI=1S/C19H11ClF3/c20-16-8-4-6-14(12-16)18-10-2-1-9-17(18)13-5-3-7-15(11-13)19(21,22)23/h1-9,11-12H. The van der Waals surface area contributed by atoms with Gasteiger partial charge >= 0.3 is 6.18 Å². The molecule has 0 atom stereocenters. The normalized spacial score (nSPS) is 11.5. The molecule has 0 spiro atoms. The van der Waals surface area contributed by atoms with Crippen molar-refractivity contribution in [2.24, 2.45) is 0 Å². The van der Waals surface area contributed by atoms with Crippen molar-refractivity contribution in [2.45, 2.75) is 6.18 Å². The summed E-state index contributed by atoms with van der Waals surface area (Å²) in [6.07, 6.45) is -4.37. The molecular formula is C19H11ClF3. The quantitative estimate of drug-likeness (QED) is 0.503. The van der Waals surface area contributed by atoms with E-state index in [2.05, 4.69) is 6.07 Å². The summed E-state index contributed by atoms with van der Waals surface area (Å²) in [5.74, 6) is 0. The highest BCUT2D eigenvalue weighted by molar-refractivity contribution is 6.30. The molecule has 23 heavy (non-hydrogen) atoms. The minimum Gasteiger partial charge on any atom is -0.166 e. The minimum atomic E-state index is -4.37. The minimum absolute atomic E-state index is 0.492. The lowest BCUT2D eigenvalue weighted by Crippen LogP contribution is -2.04. The Labute approximate surface area is 137 Å². The predicted molar refractivity (Wildman–Crippen MR) is 86.2 cm³/mol. The fourth-order valence-corrected chi connectivity index (χ4v) is 2.61. The molecule has 0 saturated carbocycles. The molecule has 0 aliphatic rings. The molecule has 115 valence electrons. The number of halogens is 4. The summed E-state index contributed by atoms with van der Waals surface area (Å²) in [7, 11) is 0. The predicted octanol–water partition coefficient (Wildman–Crippen LogP) is 6.49. The van der Waals surface area contributed by atoms with Crippen molar-refractivity contribution in [3.63, 3.8) is 0 Å². The van der Waals surface area contributed by atoms with Crippen LogP contribution in [0.2, 0.25) is 5.02 Å². The second kappa shape index (κ2) is 6.09. The lowest BCUT2D eigenvalue weighted by atomic mass is 9.94. The molecule has 0 aromatic heterocycles. The van der Waals surface area contributed by atoms with Crippen LogP contribution in [0.3, 0.4) is 0 Å². The number of rotatable bonds is 2. The van der Waals surface area contributed by atoms with Crippen LogP contribution in [0.5, 0.6) is 0 Å². The topological polar surface area (TPSA) is 0 Å². The maximum absolute atomic E-state index is 12.9. The molecule has 3 aromatic rings. The Morgan fingerprint density at radius 3 is 2.30 bits per heavy atom. The maximum atomic E-state index is 12.9. The van der Waals surface area contributed by atoms with Crippen molar-refractivity contribution in [3.8, 4) is 22.3 Å². The van der Waals surface area contributed by atoms with Gasteiger partial charge in [-0.05, 0) is 52.6 Å². The highest BCUT2D eigenvalue weighted by Crippen LogP contribution is 2.36. The van der Waals surface area contributed by atoms with Gasteiger partial charge in [0.25, 0.3) is 0 Å². The van der Waals surface area contributed by atoms with Crippen molar-refractivity contribution in [2.75, 3.05) is 0 Å². The molecular weight excluding hydrogens is 321 g/mol. The highest BCUT2D eigenvalue weighted by atomic mass is 35.5. The van der Waals surface area contributed by atoms with Gasteiger partial charge in [-0.15, -0.1) is 0 Å². The summed E-state index contributed by atoms with van der Waals surface area (Å²) in [5.41, 5.74) is 2.03. The van der Waals surface area contributed by atoms with E-state index in [9.17, 15) is 13.2 Å². The fourth-order valence-electron chi connectivity index (χ4n) is 2.42. The van der Waals surface area contributed by atoms with Crippen LogP contribution in [0.1, 0.15) is 5.56 Å². The Morgan fingerprint density at radius 1 is 0.826 bits per heavy atom. The van der Waals surface area contributed by atoms with E-state index in [1.165, 1.54) is 6.07 Å². The van der Waals surface area contributed by atoms with Crippen LogP contribution in [0.15, 0.2) is 66.7 Å². The van der Waals surface area contributed by atoms with Gasteiger partial charge in [-0.2, -0.15) is 13.2 Å². The molecule has 0 bridgehead atoms. The fraction of sp³-hybridized carbons (Fsp3) is 0.0526. The third-order valence-corrected chi connectivity index (χ3v) is 3.71. The van der Waals surface area contributed by atoms with Gasteiger partial charge in [0.15, 0.2) is 0 Å². The highest BCUT2D eigenvalue weighted by Gasteiger charge is 2.30. The molecule has 3 rings (SSSR count). The molecule has 0 unspecified atom stereocenters. The zero-order valence-corrected chi connectivity index (χ0v) is 12.6. The van der Waals surface area contributed by atoms with Crippen LogP contribution >= 0.6 is 11.6 Å². The van der Waals surface area contributed by atoms with Gasteiger partial charge in [0.2, 0.25) is 0 Å². The molecule has 0 heterocycles. The lowest BCUT2D eigenvalue weighted by Gasteiger charge is -2.12. The van der Waals surface area contributed by atoms with Gasteiger partial charge in [-0.1, -0.05) is 54.1 Å². The van der Waals surface area contributed by atoms with Crippen LogP contribution in [0.25, 0.3) is 22.3 Å². The zero-order chi connectivity index (χ0) is 16.4. The van der Waals surface area contributed by atoms with Gasteiger partial charge in [-0.3, -0.25) is 0 Å².